The maximum Gasteiger partial charge on any atom is 0.259 e. The Labute approximate surface area is 108 Å². The Balaban J connectivity index is 4.34. The number of halogens is 6. The van der Waals surface area contributed by atoms with Crippen molar-refractivity contribution in [1.29, 1.82) is 0 Å². The molecule has 0 saturated carbocycles. The van der Waals surface area contributed by atoms with Crippen LogP contribution in [0.25, 0.3) is 0 Å². The van der Waals surface area contributed by atoms with Crippen LogP contribution in [0.3, 0.4) is 0 Å². The molecule has 0 radical (unpaired) electrons. The van der Waals surface area contributed by atoms with E-state index in [0.717, 1.165) is 0 Å². The molecule has 2 nitrogen and oxygen atoms in total. The van der Waals surface area contributed by atoms with Crippen LogP contribution in [0, 0.1) is 0 Å². The minimum absolute atomic E-state index is 0.0440. The van der Waals surface area contributed by atoms with Crippen LogP contribution in [0.4, 0.5) is 0 Å². The summed E-state index contributed by atoms with van der Waals surface area (Å²) in [6, 6.07) is 0. The first-order valence-electron chi connectivity index (χ1n) is 2.45. The van der Waals surface area contributed by atoms with Crippen LogP contribution < -0.4 is 0 Å². The normalized spacial score (nSPS) is 12.8. The molecule has 0 N–H and O–H groups in total. The average Bonchev–Trinajstić information content (AvgIpc) is 1.82. The number of thioether (sulfide) groups is 1. The van der Waals surface area contributed by atoms with E-state index in [9.17, 15) is 9.59 Å². The molecule has 0 spiro atoms. The number of hydrogen-bond donors (Lipinski definition) is 0. The number of rotatable bonds is 0. The highest BCUT2D eigenvalue weighted by Crippen LogP contribution is 2.37. The zero-order chi connectivity index (χ0) is 10.9. The summed E-state index contributed by atoms with van der Waals surface area (Å²) in [5.41, 5.74) is 0. The van der Waals surface area contributed by atoms with Crippen molar-refractivity contribution in [1.82, 2.24) is 0 Å². The van der Waals surface area contributed by atoms with Crippen molar-refractivity contribution in [3.63, 3.8) is 0 Å². The Morgan fingerprint density at radius 1 is 0.769 bits per heavy atom. The van der Waals surface area contributed by atoms with E-state index in [4.69, 9.17) is 69.6 Å². The van der Waals surface area contributed by atoms with Crippen molar-refractivity contribution >= 4 is 91.6 Å². The zero-order valence-corrected chi connectivity index (χ0v) is 10.8. The maximum atomic E-state index is 10.9. The van der Waals surface area contributed by atoms with Crippen LogP contribution in [0.5, 0.6) is 0 Å². The predicted molar refractivity (Wildman–Crippen MR) is 58.2 cm³/mol. The van der Waals surface area contributed by atoms with Gasteiger partial charge in [0.25, 0.3) is 7.59 Å². The second-order valence-electron chi connectivity index (χ2n) is 1.67. The third kappa shape index (κ3) is 5.78. The molecule has 0 bridgehead atoms. The standard InChI is InChI=1S/C4Cl6O2S/c5-3(6,7)1(11)13-2(12)4(8,9)10. The van der Waals surface area contributed by atoms with Gasteiger partial charge in [-0.1, -0.05) is 69.6 Å². The van der Waals surface area contributed by atoms with Crippen molar-refractivity contribution in [2.24, 2.45) is 0 Å². The summed E-state index contributed by atoms with van der Waals surface area (Å²) in [7, 11) is 0. The number of carbonyl (C=O) groups is 2. The molecule has 0 heterocycles. The average molecular weight is 325 g/mol. The Morgan fingerprint density at radius 3 is 1.15 bits per heavy atom. The van der Waals surface area contributed by atoms with Crippen molar-refractivity contribution < 1.29 is 9.59 Å². The van der Waals surface area contributed by atoms with Crippen molar-refractivity contribution in [3.8, 4) is 0 Å². The van der Waals surface area contributed by atoms with Gasteiger partial charge in [-0.15, -0.1) is 0 Å². The monoisotopic (exact) mass is 322 g/mol. The molecule has 0 atom stereocenters. The Morgan fingerprint density at radius 2 is 1.00 bits per heavy atom. The minimum Gasteiger partial charge on any atom is -0.282 e. The van der Waals surface area contributed by atoms with Crippen LogP contribution in [-0.4, -0.2) is 17.8 Å². The molecule has 0 aromatic carbocycles. The number of alkyl halides is 6. The molecule has 0 rings (SSSR count). The first-order valence-corrected chi connectivity index (χ1v) is 5.53. The molecule has 0 aliphatic carbocycles. The Bertz CT molecular complexity index is 204. The number of hydrogen-bond acceptors (Lipinski definition) is 3. The molecule has 0 fully saturated rings. The highest BCUT2D eigenvalue weighted by molar-refractivity contribution is 8.27. The summed E-state index contributed by atoms with van der Waals surface area (Å²) in [6.45, 7) is 0. The molecule has 0 aromatic rings. The lowest BCUT2D eigenvalue weighted by molar-refractivity contribution is -0.112. The SMILES string of the molecule is O=C(SC(=O)C(Cl)(Cl)Cl)C(Cl)(Cl)Cl. The lowest BCUT2D eigenvalue weighted by atomic mass is 10.9. The van der Waals surface area contributed by atoms with Gasteiger partial charge in [0.1, 0.15) is 0 Å². The Hall–Kier alpha value is 1.43. The molecule has 0 amide bonds. The van der Waals surface area contributed by atoms with E-state index in [1.807, 2.05) is 0 Å². The third-order valence-electron chi connectivity index (χ3n) is 0.648. The third-order valence-corrected chi connectivity index (χ3v) is 3.33. The molecule has 0 aromatic heterocycles. The molecule has 13 heavy (non-hydrogen) atoms. The topological polar surface area (TPSA) is 34.1 Å². The quantitative estimate of drug-likeness (QED) is 0.639. The van der Waals surface area contributed by atoms with Gasteiger partial charge in [0.05, 0.1) is 0 Å². The molecule has 0 unspecified atom stereocenters. The zero-order valence-electron chi connectivity index (χ0n) is 5.49. The molecule has 0 aliphatic rings. The van der Waals surface area contributed by atoms with Gasteiger partial charge >= 0.3 is 0 Å². The first-order chi connectivity index (χ1) is 5.55. The van der Waals surface area contributed by atoms with E-state index in [1.165, 1.54) is 0 Å². The van der Waals surface area contributed by atoms with Gasteiger partial charge in [-0.05, 0) is 11.8 Å². The number of carbonyl (C=O) groups excluding carboxylic acids is 2. The summed E-state index contributed by atoms with van der Waals surface area (Å²) in [6.07, 6.45) is 0. The van der Waals surface area contributed by atoms with Crippen molar-refractivity contribution in [3.05, 3.63) is 0 Å². The summed E-state index contributed by atoms with van der Waals surface area (Å²) >= 11 is 31.0. The largest absolute Gasteiger partial charge is 0.282 e. The van der Waals surface area contributed by atoms with E-state index in [2.05, 4.69) is 0 Å². The van der Waals surface area contributed by atoms with E-state index in [0.29, 0.717) is 0 Å². The van der Waals surface area contributed by atoms with Gasteiger partial charge in [0.15, 0.2) is 0 Å². The second kappa shape index (κ2) is 4.97. The molecule has 9 heteroatoms. The summed E-state index contributed by atoms with van der Waals surface area (Å²) in [5.74, 6) is 0. The fourth-order valence-corrected chi connectivity index (χ4v) is 1.29. The summed E-state index contributed by atoms with van der Waals surface area (Å²) in [5, 5.41) is -2.04. The van der Waals surface area contributed by atoms with Crippen molar-refractivity contribution in [2.75, 3.05) is 0 Å². The molecule has 0 saturated heterocycles. The van der Waals surface area contributed by atoms with Gasteiger partial charge in [-0.2, -0.15) is 0 Å². The summed E-state index contributed by atoms with van der Waals surface area (Å²) < 4.78 is -4.40. The van der Waals surface area contributed by atoms with E-state index in [-0.39, 0.29) is 11.8 Å². The van der Waals surface area contributed by atoms with Gasteiger partial charge < -0.3 is 0 Å². The predicted octanol–water partition coefficient (Wildman–Crippen LogP) is 3.51. The van der Waals surface area contributed by atoms with E-state index >= 15 is 0 Å². The van der Waals surface area contributed by atoms with E-state index in [1.54, 1.807) is 0 Å². The summed E-state index contributed by atoms with van der Waals surface area (Å²) in [4.78, 5) is 21.8. The molecular weight excluding hydrogens is 325 g/mol. The smallest absolute Gasteiger partial charge is 0.259 e. The van der Waals surface area contributed by atoms with Crippen LogP contribution in [-0.2, 0) is 9.59 Å². The fraction of sp³-hybridized carbons (Fsp3) is 0.500. The highest BCUT2D eigenvalue weighted by Gasteiger charge is 2.39. The Kier molecular flexibility index (Phi) is 5.52. The van der Waals surface area contributed by atoms with Crippen LogP contribution >= 0.6 is 81.4 Å². The minimum atomic E-state index is -2.20. The van der Waals surface area contributed by atoms with Crippen LogP contribution in [0.1, 0.15) is 0 Å². The fourth-order valence-electron chi connectivity index (χ4n) is 0.200. The molecule has 0 aliphatic heterocycles. The van der Waals surface area contributed by atoms with Gasteiger partial charge in [-0.25, -0.2) is 0 Å². The first kappa shape index (κ1) is 14.4. The van der Waals surface area contributed by atoms with Crippen LogP contribution in [0.15, 0.2) is 0 Å². The highest BCUT2D eigenvalue weighted by atomic mass is 35.6. The van der Waals surface area contributed by atoms with Crippen LogP contribution in [0.2, 0.25) is 0 Å². The van der Waals surface area contributed by atoms with Gasteiger partial charge in [0.2, 0.25) is 10.2 Å². The molecular formula is C4Cl6O2S. The molecule has 76 valence electrons. The lowest BCUT2D eigenvalue weighted by Crippen LogP contribution is -2.22. The van der Waals surface area contributed by atoms with E-state index < -0.39 is 17.8 Å². The maximum absolute atomic E-state index is 10.9. The second-order valence-corrected chi connectivity index (χ2v) is 7.18. The van der Waals surface area contributed by atoms with Gasteiger partial charge in [-0.3, -0.25) is 9.59 Å². The van der Waals surface area contributed by atoms with Crippen molar-refractivity contribution in [2.45, 2.75) is 7.59 Å². The lowest BCUT2D eigenvalue weighted by Gasteiger charge is -2.10. The van der Waals surface area contributed by atoms with Gasteiger partial charge in [0, 0.05) is 0 Å².